The maximum atomic E-state index is 5.57. The van der Waals surface area contributed by atoms with E-state index in [-0.39, 0.29) is 0 Å². The molecule has 20 heavy (non-hydrogen) atoms. The van der Waals surface area contributed by atoms with Crippen LogP contribution in [0.25, 0.3) is 0 Å². The van der Waals surface area contributed by atoms with Crippen molar-refractivity contribution in [2.75, 3.05) is 46.1 Å². The number of guanidine groups is 1. The minimum atomic E-state index is 0.701. The first-order valence-corrected chi connectivity index (χ1v) is 7.88. The Morgan fingerprint density at radius 1 is 1.05 bits per heavy atom. The van der Waals surface area contributed by atoms with Crippen molar-refractivity contribution in [2.45, 2.75) is 40.5 Å². The van der Waals surface area contributed by atoms with E-state index in [2.05, 4.69) is 36.4 Å². The first-order valence-electron chi connectivity index (χ1n) is 7.88. The van der Waals surface area contributed by atoms with Crippen LogP contribution in [0, 0.1) is 5.92 Å². The largest absolute Gasteiger partial charge is 0.382 e. The fourth-order valence-corrected chi connectivity index (χ4v) is 1.51. The zero-order valence-corrected chi connectivity index (χ0v) is 13.7. The summed E-state index contributed by atoms with van der Waals surface area (Å²) in [6.45, 7) is 14.0. The lowest BCUT2D eigenvalue weighted by molar-refractivity contribution is 0.128. The number of nitrogens with zero attached hydrogens (tertiary/aromatic N) is 1. The molecule has 120 valence electrons. The summed E-state index contributed by atoms with van der Waals surface area (Å²) in [5.41, 5.74) is 0. The summed E-state index contributed by atoms with van der Waals surface area (Å²) in [7, 11) is 0. The van der Waals surface area contributed by atoms with Crippen LogP contribution >= 0.6 is 0 Å². The Kier molecular flexibility index (Phi) is 14.0. The summed E-state index contributed by atoms with van der Waals surface area (Å²) in [6.07, 6.45) is 2.07. The Balaban J connectivity index is 3.65. The SMILES string of the molecule is CCNC(=NCCCOCC)NCCOCCC(C)C. The average Bonchev–Trinajstić information content (AvgIpc) is 2.41. The lowest BCUT2D eigenvalue weighted by Gasteiger charge is -2.12. The fraction of sp³-hybridized carbons (Fsp3) is 0.933. The van der Waals surface area contributed by atoms with Gasteiger partial charge in [0.05, 0.1) is 6.61 Å². The number of ether oxygens (including phenoxy) is 2. The van der Waals surface area contributed by atoms with Crippen molar-refractivity contribution in [3.8, 4) is 0 Å². The number of hydrogen-bond acceptors (Lipinski definition) is 3. The predicted octanol–water partition coefficient (Wildman–Crippen LogP) is 2.03. The number of aliphatic imine (C=N–C) groups is 1. The minimum Gasteiger partial charge on any atom is -0.382 e. The van der Waals surface area contributed by atoms with Crippen LogP contribution in [0.3, 0.4) is 0 Å². The Morgan fingerprint density at radius 3 is 2.50 bits per heavy atom. The zero-order chi connectivity index (χ0) is 15.1. The number of hydrogen-bond donors (Lipinski definition) is 2. The van der Waals surface area contributed by atoms with Gasteiger partial charge >= 0.3 is 0 Å². The number of nitrogens with one attached hydrogen (secondary N) is 2. The van der Waals surface area contributed by atoms with Gasteiger partial charge in [-0.05, 0) is 32.6 Å². The third-order valence-electron chi connectivity index (χ3n) is 2.64. The van der Waals surface area contributed by atoms with Crippen LogP contribution < -0.4 is 10.6 Å². The van der Waals surface area contributed by atoms with E-state index in [1.165, 1.54) is 0 Å². The van der Waals surface area contributed by atoms with Gasteiger partial charge in [0.15, 0.2) is 5.96 Å². The summed E-state index contributed by atoms with van der Waals surface area (Å²) in [5.74, 6) is 1.56. The molecule has 0 aliphatic heterocycles. The second kappa shape index (κ2) is 14.6. The Hall–Kier alpha value is -0.810. The van der Waals surface area contributed by atoms with Crippen LogP contribution in [0.4, 0.5) is 0 Å². The molecule has 0 aromatic carbocycles. The molecule has 5 nitrogen and oxygen atoms in total. The Bertz CT molecular complexity index is 233. The standard InChI is InChI=1S/C15H33N3O2/c1-5-16-15(17-9-7-11-19-6-2)18-10-13-20-12-8-14(3)4/h14H,5-13H2,1-4H3,(H2,16,17,18). The highest BCUT2D eigenvalue weighted by molar-refractivity contribution is 5.79. The van der Waals surface area contributed by atoms with Crippen molar-refractivity contribution >= 4 is 5.96 Å². The molecule has 0 aliphatic rings. The molecule has 0 bridgehead atoms. The van der Waals surface area contributed by atoms with Gasteiger partial charge in [-0.15, -0.1) is 0 Å². The predicted molar refractivity (Wildman–Crippen MR) is 85.4 cm³/mol. The van der Waals surface area contributed by atoms with E-state index in [9.17, 15) is 0 Å². The van der Waals surface area contributed by atoms with Crippen LogP contribution in [0.2, 0.25) is 0 Å². The van der Waals surface area contributed by atoms with Gasteiger partial charge in [-0.25, -0.2) is 0 Å². The third-order valence-corrected chi connectivity index (χ3v) is 2.64. The molecule has 0 spiro atoms. The summed E-state index contributed by atoms with van der Waals surface area (Å²) in [6, 6.07) is 0. The topological polar surface area (TPSA) is 54.9 Å². The Morgan fingerprint density at radius 2 is 1.85 bits per heavy atom. The van der Waals surface area contributed by atoms with Gasteiger partial charge in [0.1, 0.15) is 0 Å². The maximum absolute atomic E-state index is 5.57. The van der Waals surface area contributed by atoms with E-state index >= 15 is 0 Å². The highest BCUT2D eigenvalue weighted by Gasteiger charge is 1.97. The van der Waals surface area contributed by atoms with Crippen LogP contribution in [-0.4, -0.2) is 52.0 Å². The van der Waals surface area contributed by atoms with Crippen molar-refractivity contribution in [1.29, 1.82) is 0 Å². The molecular weight excluding hydrogens is 254 g/mol. The van der Waals surface area contributed by atoms with Gasteiger partial charge in [0, 0.05) is 39.5 Å². The molecule has 0 aromatic rings. The molecule has 0 heterocycles. The van der Waals surface area contributed by atoms with Crippen LogP contribution in [0.15, 0.2) is 4.99 Å². The van der Waals surface area contributed by atoms with Crippen molar-refractivity contribution in [3.05, 3.63) is 0 Å². The van der Waals surface area contributed by atoms with Crippen molar-refractivity contribution in [1.82, 2.24) is 10.6 Å². The van der Waals surface area contributed by atoms with E-state index in [0.717, 1.165) is 64.9 Å². The fourth-order valence-electron chi connectivity index (χ4n) is 1.51. The van der Waals surface area contributed by atoms with Gasteiger partial charge in [0.2, 0.25) is 0 Å². The quantitative estimate of drug-likeness (QED) is 0.328. The van der Waals surface area contributed by atoms with Gasteiger partial charge < -0.3 is 20.1 Å². The summed E-state index contributed by atoms with van der Waals surface area (Å²) in [5, 5.41) is 6.50. The molecule has 0 fully saturated rings. The normalized spacial score (nSPS) is 11.9. The van der Waals surface area contributed by atoms with Crippen molar-refractivity contribution < 1.29 is 9.47 Å². The molecule has 0 saturated carbocycles. The average molecular weight is 287 g/mol. The maximum Gasteiger partial charge on any atom is 0.191 e. The molecule has 0 rings (SSSR count). The smallest absolute Gasteiger partial charge is 0.191 e. The summed E-state index contributed by atoms with van der Waals surface area (Å²) in [4.78, 5) is 4.49. The Labute approximate surface area is 124 Å². The minimum absolute atomic E-state index is 0.701. The highest BCUT2D eigenvalue weighted by atomic mass is 16.5. The van der Waals surface area contributed by atoms with Crippen LogP contribution in [0.5, 0.6) is 0 Å². The molecule has 0 saturated heterocycles. The van der Waals surface area contributed by atoms with Crippen LogP contribution in [0.1, 0.15) is 40.5 Å². The van der Waals surface area contributed by atoms with E-state index < -0.39 is 0 Å². The summed E-state index contributed by atoms with van der Waals surface area (Å²) < 4.78 is 10.9. The van der Waals surface area contributed by atoms with E-state index in [1.54, 1.807) is 0 Å². The van der Waals surface area contributed by atoms with Gasteiger partial charge in [-0.3, -0.25) is 4.99 Å². The monoisotopic (exact) mass is 287 g/mol. The van der Waals surface area contributed by atoms with E-state index in [1.807, 2.05) is 6.92 Å². The summed E-state index contributed by atoms with van der Waals surface area (Å²) >= 11 is 0. The van der Waals surface area contributed by atoms with Gasteiger partial charge in [0.25, 0.3) is 0 Å². The second-order valence-electron chi connectivity index (χ2n) is 5.03. The first kappa shape index (κ1) is 19.2. The number of rotatable bonds is 12. The molecule has 5 heteroatoms. The molecular formula is C15H33N3O2. The second-order valence-corrected chi connectivity index (χ2v) is 5.03. The first-order chi connectivity index (χ1) is 9.70. The van der Waals surface area contributed by atoms with Crippen molar-refractivity contribution in [3.63, 3.8) is 0 Å². The van der Waals surface area contributed by atoms with Gasteiger partial charge in [-0.1, -0.05) is 13.8 Å². The molecule has 0 aromatic heterocycles. The zero-order valence-electron chi connectivity index (χ0n) is 13.7. The molecule has 0 unspecified atom stereocenters. The molecule has 0 aliphatic carbocycles. The highest BCUT2D eigenvalue weighted by Crippen LogP contribution is 1.98. The molecule has 0 amide bonds. The third kappa shape index (κ3) is 13.6. The van der Waals surface area contributed by atoms with Crippen molar-refractivity contribution in [2.24, 2.45) is 10.9 Å². The molecule has 0 atom stereocenters. The lowest BCUT2D eigenvalue weighted by atomic mass is 10.1. The van der Waals surface area contributed by atoms with E-state index in [4.69, 9.17) is 9.47 Å². The van der Waals surface area contributed by atoms with Gasteiger partial charge in [-0.2, -0.15) is 0 Å². The van der Waals surface area contributed by atoms with E-state index in [0.29, 0.717) is 5.92 Å². The van der Waals surface area contributed by atoms with Crippen LogP contribution in [-0.2, 0) is 9.47 Å². The lowest BCUT2D eigenvalue weighted by Crippen LogP contribution is -2.39. The molecule has 0 radical (unpaired) electrons. The molecule has 2 N–H and O–H groups in total.